The van der Waals surface area contributed by atoms with Crippen LogP contribution in [0.3, 0.4) is 0 Å². The number of rotatable bonds is 4. The number of halogens is 1. The Bertz CT molecular complexity index is 1670. The number of benzene rings is 3. The highest BCUT2D eigenvalue weighted by atomic mass is 32.2. The first kappa shape index (κ1) is 22.2. The van der Waals surface area contributed by atoms with E-state index in [4.69, 9.17) is 5.41 Å². The number of amides is 1. The number of amidine groups is 2. The van der Waals surface area contributed by atoms with Crippen LogP contribution in [0, 0.1) is 18.2 Å². The van der Waals surface area contributed by atoms with Crippen molar-refractivity contribution in [3.8, 4) is 0 Å². The Morgan fingerprint density at radius 1 is 1.03 bits per heavy atom. The van der Waals surface area contributed by atoms with Crippen molar-refractivity contribution in [1.82, 2.24) is 9.58 Å². The van der Waals surface area contributed by atoms with Crippen LogP contribution in [0.1, 0.15) is 22.3 Å². The quantitative estimate of drug-likeness (QED) is 0.365. The molecular formula is C28H20FN5OS. The van der Waals surface area contributed by atoms with E-state index in [0.717, 1.165) is 27.6 Å². The number of aliphatic imine (C=N–C) groups is 1. The second-order valence-corrected chi connectivity index (χ2v) is 9.52. The highest BCUT2D eigenvalue weighted by Crippen LogP contribution is 2.33. The molecule has 6 nitrogen and oxygen atoms in total. The summed E-state index contributed by atoms with van der Waals surface area (Å²) < 4.78 is 16.3. The molecule has 176 valence electrons. The van der Waals surface area contributed by atoms with Gasteiger partial charge in [-0.2, -0.15) is 15.1 Å². The third-order valence-corrected chi connectivity index (χ3v) is 7.19. The maximum atomic E-state index is 14.3. The lowest BCUT2D eigenvalue weighted by molar-refractivity contribution is -0.114. The molecule has 2 aliphatic heterocycles. The average molecular weight is 494 g/mol. The van der Waals surface area contributed by atoms with E-state index in [1.54, 1.807) is 18.2 Å². The fourth-order valence-corrected chi connectivity index (χ4v) is 5.38. The molecule has 3 aromatic carbocycles. The molecule has 3 heterocycles. The van der Waals surface area contributed by atoms with Gasteiger partial charge in [-0.1, -0.05) is 60.7 Å². The Balaban J connectivity index is 1.39. The summed E-state index contributed by atoms with van der Waals surface area (Å²) >= 11 is 1.28. The van der Waals surface area contributed by atoms with Gasteiger partial charge in [-0.15, -0.1) is 0 Å². The van der Waals surface area contributed by atoms with Crippen molar-refractivity contribution in [3.63, 3.8) is 0 Å². The van der Waals surface area contributed by atoms with E-state index in [1.807, 2.05) is 72.3 Å². The number of fused-ring (bicyclic) bond motifs is 2. The molecule has 1 aromatic heterocycles. The van der Waals surface area contributed by atoms with Gasteiger partial charge in [0, 0.05) is 33.8 Å². The van der Waals surface area contributed by atoms with Gasteiger partial charge < -0.3 is 4.57 Å². The van der Waals surface area contributed by atoms with E-state index in [-0.39, 0.29) is 17.2 Å². The van der Waals surface area contributed by atoms with Crippen LogP contribution in [0.5, 0.6) is 0 Å². The minimum absolute atomic E-state index is 0.0213. The number of aromatic nitrogens is 1. The summed E-state index contributed by atoms with van der Waals surface area (Å²) in [7, 11) is 0. The molecule has 0 aliphatic carbocycles. The molecule has 0 saturated carbocycles. The Kier molecular flexibility index (Phi) is 5.38. The molecule has 1 N–H and O–H groups in total. The van der Waals surface area contributed by atoms with Crippen LogP contribution in [0.2, 0.25) is 0 Å². The first-order valence-electron chi connectivity index (χ1n) is 11.4. The SMILES string of the molecule is Cc1ccccc1C1=NN2C(=N)/C(=C/c3cn(Cc4ccccc4F)c4ccccc34)C(=O)N=C2S1. The summed E-state index contributed by atoms with van der Waals surface area (Å²) in [5, 5.41) is 16.8. The van der Waals surface area contributed by atoms with Crippen molar-refractivity contribution < 1.29 is 9.18 Å². The Hall–Kier alpha value is -4.30. The lowest BCUT2D eigenvalue weighted by atomic mass is 10.1. The van der Waals surface area contributed by atoms with Crippen molar-refractivity contribution in [1.29, 1.82) is 5.41 Å². The maximum absolute atomic E-state index is 14.3. The van der Waals surface area contributed by atoms with Crippen LogP contribution in [-0.4, -0.2) is 31.5 Å². The molecule has 0 atom stereocenters. The van der Waals surface area contributed by atoms with E-state index in [0.29, 0.717) is 22.3 Å². The fraction of sp³-hybridized carbons (Fsp3) is 0.0714. The number of hydrazone groups is 1. The third kappa shape index (κ3) is 3.76. The second kappa shape index (κ2) is 8.73. The van der Waals surface area contributed by atoms with Gasteiger partial charge in [0.15, 0.2) is 5.84 Å². The zero-order valence-corrected chi connectivity index (χ0v) is 20.1. The van der Waals surface area contributed by atoms with Gasteiger partial charge in [0.1, 0.15) is 10.9 Å². The van der Waals surface area contributed by atoms with Gasteiger partial charge in [0.05, 0.1) is 12.1 Å². The number of nitrogens with zero attached hydrogens (tertiary/aromatic N) is 4. The molecule has 0 fully saturated rings. The monoisotopic (exact) mass is 493 g/mol. The molecular weight excluding hydrogens is 473 g/mol. The van der Waals surface area contributed by atoms with Crippen molar-refractivity contribution in [2.24, 2.45) is 10.1 Å². The predicted octanol–water partition coefficient (Wildman–Crippen LogP) is 5.80. The van der Waals surface area contributed by atoms with Gasteiger partial charge in [-0.3, -0.25) is 10.2 Å². The number of para-hydroxylation sites is 1. The fourth-order valence-electron chi connectivity index (χ4n) is 4.40. The summed E-state index contributed by atoms with van der Waals surface area (Å²) in [5.41, 5.74) is 4.39. The Morgan fingerprint density at radius 2 is 1.78 bits per heavy atom. The zero-order valence-electron chi connectivity index (χ0n) is 19.3. The lowest BCUT2D eigenvalue weighted by Crippen LogP contribution is -2.35. The first-order chi connectivity index (χ1) is 17.5. The van der Waals surface area contributed by atoms with Crippen molar-refractivity contribution >= 4 is 50.7 Å². The molecule has 0 saturated heterocycles. The highest BCUT2D eigenvalue weighted by Gasteiger charge is 2.36. The molecule has 0 unspecified atom stereocenters. The third-order valence-electron chi connectivity index (χ3n) is 6.25. The number of carbonyl (C=O) groups is 1. The number of carbonyl (C=O) groups excluding carboxylic acids is 1. The molecule has 0 spiro atoms. The minimum atomic E-state index is -0.481. The average Bonchev–Trinajstić information content (AvgIpc) is 3.45. The molecule has 8 heteroatoms. The van der Waals surface area contributed by atoms with Crippen LogP contribution >= 0.6 is 11.8 Å². The Morgan fingerprint density at radius 3 is 2.61 bits per heavy atom. The van der Waals surface area contributed by atoms with Gasteiger partial charge in [-0.25, -0.2) is 4.39 Å². The molecule has 1 amide bonds. The van der Waals surface area contributed by atoms with Gasteiger partial charge >= 0.3 is 0 Å². The molecule has 2 aliphatic rings. The second-order valence-electron chi connectivity index (χ2n) is 8.56. The summed E-state index contributed by atoms with van der Waals surface area (Å²) in [4.78, 5) is 17.2. The van der Waals surface area contributed by atoms with Gasteiger partial charge in [-0.05, 0) is 42.5 Å². The van der Waals surface area contributed by atoms with Gasteiger partial charge in [0.2, 0.25) is 5.17 Å². The van der Waals surface area contributed by atoms with E-state index >= 15 is 0 Å². The normalized spacial score (nSPS) is 16.5. The molecule has 0 radical (unpaired) electrons. The standard InChI is InChI=1S/C28H20FN5OS/c1-17-8-2-4-10-20(17)27-32-34-25(30)22(26(35)31-28(34)36-27)14-19-16-33(24-13-7-5-11-21(19)24)15-18-9-3-6-12-23(18)29/h2-14,16,30H,15H2,1H3/b22-14-,30-25?. The number of aryl methyl sites for hydroxylation is 1. The topological polar surface area (TPSA) is 73.8 Å². The van der Waals surface area contributed by atoms with Gasteiger partial charge in [0.25, 0.3) is 5.91 Å². The molecule has 6 rings (SSSR count). The Labute approximate surface area is 211 Å². The smallest absolute Gasteiger partial charge is 0.283 e. The van der Waals surface area contributed by atoms with Crippen LogP contribution in [0.15, 0.2) is 94.7 Å². The van der Waals surface area contributed by atoms with Crippen molar-refractivity contribution in [2.75, 3.05) is 0 Å². The van der Waals surface area contributed by atoms with E-state index in [9.17, 15) is 9.18 Å². The molecule has 0 bridgehead atoms. The van der Waals surface area contributed by atoms with E-state index in [1.165, 1.54) is 22.8 Å². The van der Waals surface area contributed by atoms with Crippen LogP contribution in [-0.2, 0) is 11.3 Å². The number of thioether (sulfide) groups is 1. The maximum Gasteiger partial charge on any atom is 0.283 e. The van der Waals surface area contributed by atoms with Crippen LogP contribution < -0.4 is 0 Å². The summed E-state index contributed by atoms with van der Waals surface area (Å²) in [6, 6.07) is 22.3. The van der Waals surface area contributed by atoms with Crippen LogP contribution in [0.4, 0.5) is 4.39 Å². The van der Waals surface area contributed by atoms with Crippen LogP contribution in [0.25, 0.3) is 17.0 Å². The van der Waals surface area contributed by atoms with E-state index < -0.39 is 5.91 Å². The van der Waals surface area contributed by atoms with Crippen molar-refractivity contribution in [2.45, 2.75) is 13.5 Å². The largest absolute Gasteiger partial charge is 0.342 e. The lowest BCUT2D eigenvalue weighted by Gasteiger charge is -2.20. The molecule has 36 heavy (non-hydrogen) atoms. The minimum Gasteiger partial charge on any atom is -0.342 e. The first-order valence-corrected chi connectivity index (χ1v) is 12.2. The summed E-state index contributed by atoms with van der Waals surface area (Å²) in [5.74, 6) is -0.770. The predicted molar refractivity (Wildman–Crippen MR) is 143 cm³/mol. The van der Waals surface area contributed by atoms with Crippen molar-refractivity contribution in [3.05, 3.63) is 113 Å². The summed E-state index contributed by atoms with van der Waals surface area (Å²) in [6.07, 6.45) is 3.56. The number of hydrogen-bond donors (Lipinski definition) is 1. The zero-order chi connectivity index (χ0) is 24.8. The molecule has 4 aromatic rings. The number of hydrogen-bond acceptors (Lipinski definition) is 4. The number of nitrogens with one attached hydrogen (secondary N) is 1. The highest BCUT2D eigenvalue weighted by molar-refractivity contribution is 8.27. The van der Waals surface area contributed by atoms with E-state index in [2.05, 4.69) is 10.1 Å². The summed E-state index contributed by atoms with van der Waals surface area (Å²) in [6.45, 7) is 2.34.